The highest BCUT2D eigenvalue weighted by Crippen LogP contribution is 2.34. The van der Waals surface area contributed by atoms with E-state index in [0.717, 1.165) is 17.8 Å². The molecule has 0 heterocycles. The van der Waals surface area contributed by atoms with Crippen molar-refractivity contribution >= 4 is 11.4 Å². The number of rotatable bonds is 5. The zero-order chi connectivity index (χ0) is 19.6. The van der Waals surface area contributed by atoms with Crippen LogP contribution < -0.4 is 11.5 Å². The van der Waals surface area contributed by atoms with Crippen LogP contribution in [-0.4, -0.2) is 0 Å². The molecule has 2 nitrogen and oxygen atoms in total. The van der Waals surface area contributed by atoms with Crippen molar-refractivity contribution < 1.29 is 0 Å². The third-order valence-corrected chi connectivity index (χ3v) is 5.42. The molecule has 3 aromatic carbocycles. The minimum absolute atomic E-state index is 0.0888. The van der Waals surface area contributed by atoms with Gasteiger partial charge in [0.25, 0.3) is 0 Å². The average molecular weight is 359 g/mol. The predicted octanol–water partition coefficient (Wildman–Crippen LogP) is 5.89. The number of hydrogen-bond acceptors (Lipinski definition) is 2. The van der Waals surface area contributed by atoms with Crippen LogP contribution in [0.25, 0.3) is 0 Å². The molecule has 3 rings (SSSR count). The highest BCUT2D eigenvalue weighted by molar-refractivity contribution is 5.48. The first kappa shape index (κ1) is 19.0. The topological polar surface area (TPSA) is 52.0 Å². The number of nitrogens with two attached hydrogens (primary N) is 2. The van der Waals surface area contributed by atoms with Crippen molar-refractivity contribution in [2.24, 2.45) is 0 Å². The van der Waals surface area contributed by atoms with E-state index in [0.29, 0.717) is 5.92 Å². The van der Waals surface area contributed by atoms with Gasteiger partial charge in [0.1, 0.15) is 0 Å². The van der Waals surface area contributed by atoms with Crippen molar-refractivity contribution in [3.63, 3.8) is 0 Å². The third kappa shape index (κ3) is 4.33. The molecule has 3 aromatic rings. The van der Waals surface area contributed by atoms with Crippen LogP contribution in [0, 0.1) is 0 Å². The molecule has 0 saturated carbocycles. The lowest BCUT2D eigenvalue weighted by atomic mass is 9.76. The van der Waals surface area contributed by atoms with Gasteiger partial charge < -0.3 is 11.5 Å². The van der Waals surface area contributed by atoms with Crippen molar-refractivity contribution in [2.75, 3.05) is 11.5 Å². The van der Waals surface area contributed by atoms with Crippen LogP contribution in [0.2, 0.25) is 0 Å². The Labute approximate surface area is 163 Å². The van der Waals surface area contributed by atoms with Crippen molar-refractivity contribution in [3.8, 4) is 0 Å². The molecule has 0 bridgehead atoms. The molecular weight excluding hydrogens is 328 g/mol. The van der Waals surface area contributed by atoms with Crippen LogP contribution in [0.1, 0.15) is 61.4 Å². The lowest BCUT2D eigenvalue weighted by Crippen LogP contribution is -2.19. The molecule has 0 spiro atoms. The average Bonchev–Trinajstić information content (AvgIpc) is 2.63. The molecule has 140 valence electrons. The fourth-order valence-electron chi connectivity index (χ4n) is 3.45. The van der Waals surface area contributed by atoms with Crippen LogP contribution in [0.4, 0.5) is 11.4 Å². The van der Waals surface area contributed by atoms with Gasteiger partial charge in [0, 0.05) is 16.8 Å². The number of benzene rings is 3. The molecule has 0 atom stereocenters. The van der Waals surface area contributed by atoms with E-state index in [1.807, 2.05) is 24.3 Å². The highest BCUT2D eigenvalue weighted by atomic mass is 14.5. The van der Waals surface area contributed by atoms with Gasteiger partial charge in [0.2, 0.25) is 0 Å². The summed E-state index contributed by atoms with van der Waals surface area (Å²) in [4.78, 5) is 0. The summed E-state index contributed by atoms with van der Waals surface area (Å²) in [6.45, 7) is 9.07. The molecule has 0 aromatic heterocycles. The zero-order valence-corrected chi connectivity index (χ0v) is 16.8. The minimum atomic E-state index is -0.0888. The summed E-state index contributed by atoms with van der Waals surface area (Å²) in [6, 6.07) is 23.5. The Morgan fingerprint density at radius 2 is 1.26 bits per heavy atom. The molecule has 0 aliphatic carbocycles. The highest BCUT2D eigenvalue weighted by Gasteiger charge is 2.24. The molecule has 2 heteroatoms. The molecule has 0 saturated heterocycles. The number of anilines is 2. The summed E-state index contributed by atoms with van der Waals surface area (Å²) in [6.07, 6.45) is 0.908. The molecule has 0 radical (unpaired) electrons. The lowest BCUT2D eigenvalue weighted by molar-refractivity contribution is 0.637. The second kappa shape index (κ2) is 7.48. The standard InChI is InChI=1S/C25H30N2/c1-17(2)20-14-19(13-18-5-9-23(26)10-6-18)15-22(16-20)25(3,4)21-7-11-24(27)12-8-21/h5-12,14-17H,13,26-27H2,1-4H3. The van der Waals surface area contributed by atoms with Crippen molar-refractivity contribution in [2.45, 2.75) is 45.4 Å². The maximum absolute atomic E-state index is 5.88. The van der Waals surface area contributed by atoms with Gasteiger partial charge in [-0.15, -0.1) is 0 Å². The molecule has 0 aliphatic heterocycles. The van der Waals surface area contributed by atoms with E-state index in [1.165, 1.54) is 27.8 Å². The van der Waals surface area contributed by atoms with Crippen LogP contribution in [0.5, 0.6) is 0 Å². The Bertz CT molecular complexity index is 904. The van der Waals surface area contributed by atoms with E-state index in [1.54, 1.807) is 0 Å². The van der Waals surface area contributed by atoms with Gasteiger partial charge in [-0.05, 0) is 64.4 Å². The van der Waals surface area contributed by atoms with Crippen molar-refractivity contribution in [1.29, 1.82) is 0 Å². The first-order valence-electron chi connectivity index (χ1n) is 9.60. The summed E-state index contributed by atoms with van der Waals surface area (Å²) >= 11 is 0. The van der Waals surface area contributed by atoms with E-state index in [9.17, 15) is 0 Å². The van der Waals surface area contributed by atoms with Crippen molar-refractivity contribution in [3.05, 3.63) is 94.5 Å². The Morgan fingerprint density at radius 3 is 1.81 bits per heavy atom. The minimum Gasteiger partial charge on any atom is -0.399 e. The normalized spacial score (nSPS) is 11.7. The maximum Gasteiger partial charge on any atom is 0.0314 e. The molecule has 0 amide bonds. The molecule has 0 unspecified atom stereocenters. The van der Waals surface area contributed by atoms with E-state index in [-0.39, 0.29) is 5.41 Å². The Kier molecular flexibility index (Phi) is 5.27. The lowest BCUT2D eigenvalue weighted by Gasteiger charge is -2.28. The quantitative estimate of drug-likeness (QED) is 0.559. The molecule has 0 aliphatic rings. The SMILES string of the molecule is CC(C)c1cc(Cc2ccc(N)cc2)cc(C(C)(C)c2ccc(N)cc2)c1. The molecular formula is C25H30N2. The summed E-state index contributed by atoms with van der Waals surface area (Å²) in [5, 5.41) is 0. The van der Waals surface area contributed by atoms with E-state index in [4.69, 9.17) is 11.5 Å². The molecule has 0 fully saturated rings. The van der Waals surface area contributed by atoms with Crippen molar-refractivity contribution in [1.82, 2.24) is 0 Å². The van der Waals surface area contributed by atoms with E-state index < -0.39 is 0 Å². The first-order valence-corrected chi connectivity index (χ1v) is 9.60. The van der Waals surface area contributed by atoms with Gasteiger partial charge >= 0.3 is 0 Å². The Balaban J connectivity index is 2.02. The monoisotopic (exact) mass is 358 g/mol. The first-order chi connectivity index (χ1) is 12.8. The molecule has 27 heavy (non-hydrogen) atoms. The largest absolute Gasteiger partial charge is 0.399 e. The fourth-order valence-corrected chi connectivity index (χ4v) is 3.45. The zero-order valence-electron chi connectivity index (χ0n) is 16.8. The summed E-state index contributed by atoms with van der Waals surface area (Å²) in [5.74, 6) is 0.484. The van der Waals surface area contributed by atoms with E-state index in [2.05, 4.69) is 70.2 Å². The van der Waals surface area contributed by atoms with Crippen LogP contribution in [0.15, 0.2) is 66.7 Å². The summed E-state index contributed by atoms with van der Waals surface area (Å²) in [7, 11) is 0. The van der Waals surface area contributed by atoms with Crippen LogP contribution in [0.3, 0.4) is 0 Å². The van der Waals surface area contributed by atoms with Gasteiger partial charge in [-0.2, -0.15) is 0 Å². The molecule has 4 N–H and O–H groups in total. The van der Waals surface area contributed by atoms with Gasteiger partial charge in [-0.25, -0.2) is 0 Å². The van der Waals surface area contributed by atoms with E-state index >= 15 is 0 Å². The Hall–Kier alpha value is -2.74. The maximum atomic E-state index is 5.88. The van der Waals surface area contributed by atoms with Gasteiger partial charge in [0.05, 0.1) is 0 Å². The van der Waals surface area contributed by atoms with Crippen LogP contribution >= 0.6 is 0 Å². The van der Waals surface area contributed by atoms with Gasteiger partial charge in [-0.1, -0.05) is 70.2 Å². The third-order valence-electron chi connectivity index (χ3n) is 5.42. The predicted molar refractivity (Wildman–Crippen MR) is 117 cm³/mol. The second-order valence-corrected chi connectivity index (χ2v) is 8.28. The number of hydrogen-bond donors (Lipinski definition) is 2. The van der Waals surface area contributed by atoms with Gasteiger partial charge in [-0.3, -0.25) is 0 Å². The van der Waals surface area contributed by atoms with Gasteiger partial charge in [0.15, 0.2) is 0 Å². The summed E-state index contributed by atoms with van der Waals surface area (Å²) in [5.41, 5.74) is 19.8. The fraction of sp³-hybridized carbons (Fsp3) is 0.280. The smallest absolute Gasteiger partial charge is 0.0314 e. The second-order valence-electron chi connectivity index (χ2n) is 8.28. The number of nitrogen functional groups attached to an aromatic ring is 2. The van der Waals surface area contributed by atoms with Crippen LogP contribution in [-0.2, 0) is 11.8 Å². The Morgan fingerprint density at radius 1 is 0.704 bits per heavy atom. The summed E-state index contributed by atoms with van der Waals surface area (Å²) < 4.78 is 0.